The van der Waals surface area contributed by atoms with Crippen LogP contribution in [0.4, 0.5) is 0 Å². The minimum Gasteiger partial charge on any atom is -0.334 e. The number of nitrogens with one attached hydrogen (secondary N) is 1. The highest BCUT2D eigenvalue weighted by atomic mass is 16.2. The molecule has 2 rings (SSSR count). The van der Waals surface area contributed by atoms with Crippen LogP contribution in [0.2, 0.25) is 0 Å². The minimum atomic E-state index is -0.676. The fraction of sp³-hybridized carbons (Fsp3) is 0.357. The van der Waals surface area contributed by atoms with Gasteiger partial charge < -0.3 is 4.90 Å². The smallest absolute Gasteiger partial charge is 0.329 e. The van der Waals surface area contributed by atoms with Crippen molar-refractivity contribution in [3.8, 4) is 0 Å². The standard InChI is InChI=1S/C14H17N3O2/c1-11-4-6-12(7-5-11)10-15-16-13(18)14(19)17-8-2-3-9-17/h4-7,10H,2-3,8-9H2,1H3,(H,16,18)/b15-10+. The predicted molar refractivity (Wildman–Crippen MR) is 72.7 cm³/mol. The van der Waals surface area contributed by atoms with Crippen LogP contribution in [0.5, 0.6) is 0 Å². The Morgan fingerprint density at radius 3 is 2.47 bits per heavy atom. The fourth-order valence-electron chi connectivity index (χ4n) is 1.93. The van der Waals surface area contributed by atoms with Crippen molar-refractivity contribution in [1.29, 1.82) is 0 Å². The summed E-state index contributed by atoms with van der Waals surface area (Å²) in [6.07, 6.45) is 3.45. The van der Waals surface area contributed by atoms with Gasteiger partial charge in [-0.1, -0.05) is 29.8 Å². The lowest BCUT2D eigenvalue weighted by atomic mass is 10.2. The molecule has 1 saturated heterocycles. The third kappa shape index (κ3) is 3.64. The van der Waals surface area contributed by atoms with E-state index in [2.05, 4.69) is 10.5 Å². The molecule has 0 atom stereocenters. The van der Waals surface area contributed by atoms with Gasteiger partial charge in [0.2, 0.25) is 0 Å². The first kappa shape index (κ1) is 13.3. The summed E-state index contributed by atoms with van der Waals surface area (Å²) in [4.78, 5) is 24.8. The van der Waals surface area contributed by atoms with Gasteiger partial charge in [0.05, 0.1) is 6.21 Å². The normalized spacial score (nSPS) is 14.9. The molecule has 0 unspecified atom stereocenters. The first-order valence-electron chi connectivity index (χ1n) is 6.36. The summed E-state index contributed by atoms with van der Waals surface area (Å²) >= 11 is 0. The quantitative estimate of drug-likeness (QED) is 0.490. The highest BCUT2D eigenvalue weighted by molar-refractivity contribution is 6.35. The van der Waals surface area contributed by atoms with Crippen molar-refractivity contribution < 1.29 is 9.59 Å². The molecule has 1 aliphatic heterocycles. The first-order chi connectivity index (χ1) is 9.16. The number of nitrogens with zero attached hydrogens (tertiary/aromatic N) is 2. The largest absolute Gasteiger partial charge is 0.334 e. The Bertz CT molecular complexity index is 488. The minimum absolute atomic E-state index is 0.501. The molecule has 0 aliphatic carbocycles. The number of hydrogen-bond acceptors (Lipinski definition) is 3. The monoisotopic (exact) mass is 259 g/mol. The van der Waals surface area contributed by atoms with E-state index in [4.69, 9.17) is 0 Å². The molecule has 0 bridgehead atoms. The van der Waals surface area contributed by atoms with Crippen molar-refractivity contribution in [2.45, 2.75) is 19.8 Å². The average Bonchev–Trinajstić information content (AvgIpc) is 2.94. The highest BCUT2D eigenvalue weighted by Gasteiger charge is 2.23. The van der Waals surface area contributed by atoms with E-state index in [1.807, 2.05) is 31.2 Å². The predicted octanol–water partition coefficient (Wildman–Crippen LogP) is 1.07. The summed E-state index contributed by atoms with van der Waals surface area (Å²) < 4.78 is 0. The van der Waals surface area contributed by atoms with Crippen LogP contribution in [0.1, 0.15) is 24.0 Å². The van der Waals surface area contributed by atoms with E-state index in [0.29, 0.717) is 13.1 Å². The van der Waals surface area contributed by atoms with Crippen molar-refractivity contribution >= 4 is 18.0 Å². The number of carbonyl (C=O) groups is 2. The molecule has 1 aromatic rings. The van der Waals surface area contributed by atoms with Gasteiger partial charge >= 0.3 is 11.8 Å². The summed E-state index contributed by atoms with van der Waals surface area (Å²) in [5.41, 5.74) is 4.29. The second-order valence-electron chi connectivity index (χ2n) is 4.61. The Morgan fingerprint density at radius 2 is 1.84 bits per heavy atom. The van der Waals surface area contributed by atoms with Crippen LogP contribution in [-0.4, -0.2) is 36.0 Å². The van der Waals surface area contributed by atoms with E-state index in [9.17, 15) is 9.59 Å². The van der Waals surface area contributed by atoms with Gasteiger partial charge in [-0.15, -0.1) is 0 Å². The number of carbonyl (C=O) groups excluding carboxylic acids is 2. The first-order valence-corrected chi connectivity index (χ1v) is 6.36. The number of hydrazone groups is 1. The van der Waals surface area contributed by atoms with Gasteiger partial charge in [-0.2, -0.15) is 5.10 Å². The molecule has 0 aromatic heterocycles. The van der Waals surface area contributed by atoms with Crippen molar-refractivity contribution in [2.24, 2.45) is 5.10 Å². The van der Waals surface area contributed by atoms with E-state index in [-0.39, 0.29) is 0 Å². The Hall–Kier alpha value is -2.17. The van der Waals surface area contributed by atoms with E-state index >= 15 is 0 Å². The summed E-state index contributed by atoms with van der Waals surface area (Å²) in [5.74, 6) is -1.18. The highest BCUT2D eigenvalue weighted by Crippen LogP contribution is 2.07. The zero-order valence-corrected chi connectivity index (χ0v) is 10.9. The van der Waals surface area contributed by atoms with Crippen molar-refractivity contribution in [3.63, 3.8) is 0 Å². The number of amides is 2. The molecule has 1 N–H and O–H groups in total. The van der Waals surface area contributed by atoms with Gasteiger partial charge in [0.1, 0.15) is 0 Å². The van der Waals surface area contributed by atoms with Crippen molar-refractivity contribution in [3.05, 3.63) is 35.4 Å². The molecule has 1 heterocycles. The number of rotatable bonds is 2. The summed E-state index contributed by atoms with van der Waals surface area (Å²) in [5, 5.41) is 3.79. The SMILES string of the molecule is Cc1ccc(/C=N/NC(=O)C(=O)N2CCCC2)cc1. The van der Waals surface area contributed by atoms with E-state index in [1.54, 1.807) is 4.90 Å². The Kier molecular flexibility index (Phi) is 4.28. The van der Waals surface area contributed by atoms with E-state index in [1.165, 1.54) is 6.21 Å². The molecular formula is C14H17N3O2. The molecule has 0 spiro atoms. The zero-order valence-electron chi connectivity index (χ0n) is 10.9. The molecule has 0 radical (unpaired) electrons. The number of hydrogen-bond donors (Lipinski definition) is 1. The molecule has 1 aromatic carbocycles. The Balaban J connectivity index is 1.85. The maximum Gasteiger partial charge on any atom is 0.329 e. The lowest BCUT2D eigenvalue weighted by Gasteiger charge is -2.12. The van der Waals surface area contributed by atoms with Crippen LogP contribution in [0.15, 0.2) is 29.4 Å². The van der Waals surface area contributed by atoms with Crippen LogP contribution in [0, 0.1) is 6.92 Å². The van der Waals surface area contributed by atoms with Gasteiger partial charge in [0.15, 0.2) is 0 Å². The fourth-order valence-corrected chi connectivity index (χ4v) is 1.93. The van der Waals surface area contributed by atoms with Gasteiger partial charge in [-0.25, -0.2) is 5.43 Å². The second-order valence-corrected chi connectivity index (χ2v) is 4.61. The second kappa shape index (κ2) is 6.13. The molecule has 100 valence electrons. The summed E-state index contributed by atoms with van der Waals surface area (Å²) in [6.45, 7) is 3.32. The molecule has 5 heteroatoms. The van der Waals surface area contributed by atoms with E-state index < -0.39 is 11.8 Å². The number of benzene rings is 1. The Labute approximate surface area is 112 Å². The van der Waals surface area contributed by atoms with Crippen LogP contribution in [0.25, 0.3) is 0 Å². The lowest BCUT2D eigenvalue weighted by Crippen LogP contribution is -2.39. The molecule has 1 fully saturated rings. The molecule has 5 nitrogen and oxygen atoms in total. The topological polar surface area (TPSA) is 61.8 Å². The van der Waals surface area contributed by atoms with Crippen LogP contribution in [0.3, 0.4) is 0 Å². The van der Waals surface area contributed by atoms with Gasteiger partial charge in [0.25, 0.3) is 0 Å². The summed E-state index contributed by atoms with van der Waals surface area (Å²) in [7, 11) is 0. The molecule has 1 aliphatic rings. The molecular weight excluding hydrogens is 242 g/mol. The lowest BCUT2D eigenvalue weighted by molar-refractivity contribution is -0.145. The van der Waals surface area contributed by atoms with Crippen LogP contribution < -0.4 is 5.43 Å². The van der Waals surface area contributed by atoms with Crippen LogP contribution in [-0.2, 0) is 9.59 Å². The molecule has 2 amide bonds. The number of aryl methyl sites for hydroxylation is 1. The maximum atomic E-state index is 11.7. The zero-order chi connectivity index (χ0) is 13.7. The third-order valence-electron chi connectivity index (χ3n) is 3.04. The van der Waals surface area contributed by atoms with Crippen molar-refractivity contribution in [1.82, 2.24) is 10.3 Å². The van der Waals surface area contributed by atoms with Gasteiger partial charge in [-0.05, 0) is 25.3 Å². The maximum absolute atomic E-state index is 11.7. The van der Waals surface area contributed by atoms with Crippen LogP contribution >= 0.6 is 0 Å². The molecule has 0 saturated carbocycles. The van der Waals surface area contributed by atoms with Gasteiger partial charge in [-0.3, -0.25) is 9.59 Å². The third-order valence-corrected chi connectivity index (χ3v) is 3.04. The van der Waals surface area contributed by atoms with E-state index in [0.717, 1.165) is 24.0 Å². The number of likely N-dealkylation sites (tertiary alicyclic amines) is 1. The average molecular weight is 259 g/mol. The van der Waals surface area contributed by atoms with Crippen molar-refractivity contribution in [2.75, 3.05) is 13.1 Å². The summed E-state index contributed by atoms with van der Waals surface area (Å²) in [6, 6.07) is 7.71. The van der Waals surface area contributed by atoms with Gasteiger partial charge in [0, 0.05) is 13.1 Å². The Morgan fingerprint density at radius 1 is 1.21 bits per heavy atom. The molecule has 19 heavy (non-hydrogen) atoms.